The quantitative estimate of drug-likeness (QED) is 0.779. The van der Waals surface area contributed by atoms with Gasteiger partial charge in [-0.3, -0.25) is 4.79 Å². The third-order valence-electron chi connectivity index (χ3n) is 4.07. The van der Waals surface area contributed by atoms with E-state index in [9.17, 15) is 9.90 Å². The number of nitrogens with zero attached hydrogens (tertiary/aromatic N) is 2. The van der Waals surface area contributed by atoms with Gasteiger partial charge in [-0.1, -0.05) is 12.1 Å². The minimum atomic E-state index is -0.0651. The van der Waals surface area contributed by atoms with Crippen LogP contribution in [0.2, 0.25) is 0 Å². The summed E-state index contributed by atoms with van der Waals surface area (Å²) < 4.78 is 7.08. The molecule has 0 spiro atoms. The molecule has 2 N–H and O–H groups in total. The highest BCUT2D eigenvalue weighted by Gasteiger charge is 2.30. The van der Waals surface area contributed by atoms with Gasteiger partial charge in [0.15, 0.2) is 0 Å². The standard InChI is InChI=1S/C17H15N3O3/c21-12-5-3-11(4-6-12)14-8-16(22)19-17-15(14)9-18-20(17)10-13-2-1-7-23-13/h1-7,9,14,21H,8,10H2,(H,19,22). The Balaban J connectivity index is 1.72. The largest absolute Gasteiger partial charge is 0.508 e. The number of fused-ring (bicyclic) bond motifs is 1. The van der Waals surface area contributed by atoms with Gasteiger partial charge in [-0.15, -0.1) is 0 Å². The molecule has 1 aliphatic rings. The summed E-state index contributed by atoms with van der Waals surface area (Å²) in [4.78, 5) is 12.1. The summed E-state index contributed by atoms with van der Waals surface area (Å²) in [6.07, 6.45) is 3.77. The molecule has 0 aliphatic carbocycles. The molecule has 2 aromatic heterocycles. The van der Waals surface area contributed by atoms with Crippen LogP contribution in [0.3, 0.4) is 0 Å². The summed E-state index contributed by atoms with van der Waals surface area (Å²) in [6, 6.07) is 10.6. The summed E-state index contributed by atoms with van der Waals surface area (Å²) in [7, 11) is 0. The number of benzene rings is 1. The van der Waals surface area contributed by atoms with E-state index in [0.717, 1.165) is 16.9 Å². The fourth-order valence-electron chi connectivity index (χ4n) is 2.94. The third-order valence-corrected chi connectivity index (χ3v) is 4.07. The Kier molecular flexibility index (Phi) is 3.15. The molecule has 23 heavy (non-hydrogen) atoms. The molecule has 1 aromatic carbocycles. The Morgan fingerprint density at radius 1 is 1.30 bits per heavy atom. The Morgan fingerprint density at radius 2 is 2.13 bits per heavy atom. The van der Waals surface area contributed by atoms with E-state index >= 15 is 0 Å². The van der Waals surface area contributed by atoms with Crippen LogP contribution in [0, 0.1) is 0 Å². The van der Waals surface area contributed by atoms with E-state index in [1.165, 1.54) is 0 Å². The maximum absolute atomic E-state index is 12.1. The fraction of sp³-hybridized carbons (Fsp3) is 0.176. The Morgan fingerprint density at radius 3 is 2.87 bits per heavy atom. The van der Waals surface area contributed by atoms with Crippen LogP contribution < -0.4 is 5.32 Å². The number of hydrogen-bond donors (Lipinski definition) is 2. The number of carbonyl (C=O) groups excluding carboxylic acids is 1. The number of hydrogen-bond acceptors (Lipinski definition) is 4. The van der Waals surface area contributed by atoms with E-state index in [1.807, 2.05) is 24.3 Å². The van der Waals surface area contributed by atoms with Crippen molar-refractivity contribution in [1.29, 1.82) is 0 Å². The molecule has 6 nitrogen and oxygen atoms in total. The van der Waals surface area contributed by atoms with E-state index in [-0.39, 0.29) is 17.6 Å². The van der Waals surface area contributed by atoms with Crippen molar-refractivity contribution in [2.24, 2.45) is 0 Å². The molecule has 3 aromatic rings. The lowest BCUT2D eigenvalue weighted by molar-refractivity contribution is -0.116. The number of phenols is 1. The van der Waals surface area contributed by atoms with Crippen LogP contribution in [0.5, 0.6) is 5.75 Å². The number of anilines is 1. The first-order valence-electron chi connectivity index (χ1n) is 7.37. The highest BCUT2D eigenvalue weighted by atomic mass is 16.3. The molecule has 6 heteroatoms. The van der Waals surface area contributed by atoms with Crippen LogP contribution in [0.15, 0.2) is 53.3 Å². The molecule has 4 rings (SSSR count). The normalized spacial score (nSPS) is 16.9. The zero-order valence-electron chi connectivity index (χ0n) is 12.3. The summed E-state index contributed by atoms with van der Waals surface area (Å²) in [5.41, 5.74) is 1.96. The number of aromatic nitrogens is 2. The van der Waals surface area contributed by atoms with Gasteiger partial charge in [0.05, 0.1) is 12.5 Å². The number of furan rings is 1. The van der Waals surface area contributed by atoms with Gasteiger partial charge in [0.2, 0.25) is 5.91 Å². The molecule has 0 radical (unpaired) electrons. The maximum Gasteiger partial charge on any atom is 0.226 e. The molecule has 1 amide bonds. The van der Waals surface area contributed by atoms with Crippen LogP contribution in [0.4, 0.5) is 5.82 Å². The third kappa shape index (κ3) is 2.48. The number of carbonyl (C=O) groups is 1. The fourth-order valence-corrected chi connectivity index (χ4v) is 2.94. The monoisotopic (exact) mass is 309 g/mol. The molecule has 0 saturated heterocycles. The number of aromatic hydroxyl groups is 1. The minimum absolute atomic E-state index is 0.0447. The van der Waals surface area contributed by atoms with Gasteiger partial charge >= 0.3 is 0 Å². The summed E-state index contributed by atoms with van der Waals surface area (Å²) in [5.74, 6) is 1.58. The summed E-state index contributed by atoms with van der Waals surface area (Å²) in [5, 5.41) is 16.7. The molecule has 3 heterocycles. The van der Waals surface area contributed by atoms with Gasteiger partial charge in [-0.2, -0.15) is 5.10 Å². The van der Waals surface area contributed by atoms with Crippen LogP contribution in [0.25, 0.3) is 0 Å². The van der Waals surface area contributed by atoms with Crippen LogP contribution in [-0.4, -0.2) is 20.8 Å². The molecule has 116 valence electrons. The SMILES string of the molecule is O=C1CC(c2ccc(O)cc2)c2cnn(Cc3ccco3)c2N1. The van der Waals surface area contributed by atoms with Crippen molar-refractivity contribution in [2.45, 2.75) is 18.9 Å². The number of phenolic OH excluding ortho intramolecular Hbond substituents is 1. The Labute approximate surface area is 132 Å². The number of amides is 1. The molecule has 1 aliphatic heterocycles. The molecule has 0 saturated carbocycles. The van der Waals surface area contributed by atoms with Crippen molar-refractivity contribution in [3.63, 3.8) is 0 Å². The Hall–Kier alpha value is -3.02. The van der Waals surface area contributed by atoms with Crippen molar-refractivity contribution in [2.75, 3.05) is 5.32 Å². The maximum atomic E-state index is 12.1. The average molecular weight is 309 g/mol. The van der Waals surface area contributed by atoms with Gasteiger partial charge in [-0.25, -0.2) is 4.68 Å². The van der Waals surface area contributed by atoms with E-state index in [2.05, 4.69) is 10.4 Å². The molecular formula is C17H15N3O3. The molecular weight excluding hydrogens is 294 g/mol. The van der Waals surface area contributed by atoms with Crippen molar-refractivity contribution >= 4 is 11.7 Å². The second-order valence-corrected chi connectivity index (χ2v) is 5.58. The predicted molar refractivity (Wildman–Crippen MR) is 83.2 cm³/mol. The van der Waals surface area contributed by atoms with E-state index in [1.54, 1.807) is 29.3 Å². The van der Waals surface area contributed by atoms with Gasteiger partial charge in [0, 0.05) is 17.9 Å². The number of rotatable bonds is 3. The van der Waals surface area contributed by atoms with Crippen LogP contribution in [0.1, 0.15) is 29.2 Å². The van der Waals surface area contributed by atoms with Gasteiger partial charge in [0.25, 0.3) is 0 Å². The van der Waals surface area contributed by atoms with Crippen molar-refractivity contribution < 1.29 is 14.3 Å². The van der Waals surface area contributed by atoms with E-state index < -0.39 is 0 Å². The zero-order valence-corrected chi connectivity index (χ0v) is 12.3. The van der Waals surface area contributed by atoms with Crippen LogP contribution in [-0.2, 0) is 11.3 Å². The van der Waals surface area contributed by atoms with Crippen LogP contribution >= 0.6 is 0 Å². The predicted octanol–water partition coefficient (Wildman–Crippen LogP) is 2.70. The second kappa shape index (κ2) is 5.31. The zero-order chi connectivity index (χ0) is 15.8. The minimum Gasteiger partial charge on any atom is -0.508 e. The van der Waals surface area contributed by atoms with E-state index in [4.69, 9.17) is 4.42 Å². The summed E-state index contributed by atoms with van der Waals surface area (Å²) in [6.45, 7) is 0.463. The first-order chi connectivity index (χ1) is 11.2. The van der Waals surface area contributed by atoms with Gasteiger partial charge < -0.3 is 14.8 Å². The van der Waals surface area contributed by atoms with Gasteiger partial charge in [-0.05, 0) is 29.8 Å². The topological polar surface area (TPSA) is 80.3 Å². The van der Waals surface area contributed by atoms with Crippen molar-refractivity contribution in [1.82, 2.24) is 9.78 Å². The average Bonchev–Trinajstić information content (AvgIpc) is 3.18. The second-order valence-electron chi connectivity index (χ2n) is 5.58. The smallest absolute Gasteiger partial charge is 0.226 e. The lowest BCUT2D eigenvalue weighted by Gasteiger charge is -2.23. The molecule has 1 unspecified atom stereocenters. The first-order valence-corrected chi connectivity index (χ1v) is 7.37. The van der Waals surface area contributed by atoms with Gasteiger partial charge in [0.1, 0.15) is 23.9 Å². The highest BCUT2D eigenvalue weighted by molar-refractivity contribution is 5.94. The first kappa shape index (κ1) is 13.6. The lowest BCUT2D eigenvalue weighted by Crippen LogP contribution is -2.25. The lowest BCUT2D eigenvalue weighted by atomic mass is 9.87. The molecule has 0 fully saturated rings. The van der Waals surface area contributed by atoms with E-state index in [0.29, 0.717) is 18.8 Å². The van der Waals surface area contributed by atoms with Crippen molar-refractivity contribution in [3.8, 4) is 5.75 Å². The van der Waals surface area contributed by atoms with Crippen molar-refractivity contribution in [3.05, 3.63) is 65.7 Å². The number of nitrogens with one attached hydrogen (secondary N) is 1. The molecule has 1 atom stereocenters. The summed E-state index contributed by atoms with van der Waals surface area (Å²) >= 11 is 0. The Bertz CT molecular complexity index is 835. The molecule has 0 bridgehead atoms. The highest BCUT2D eigenvalue weighted by Crippen LogP contribution is 2.37.